The number of halogens is 3. The minimum Gasteiger partial charge on any atom is -0.497 e. The molecule has 2 aromatic rings. The number of rotatable bonds is 6. The molecule has 0 radical (unpaired) electrons. The third-order valence-electron chi connectivity index (χ3n) is 3.88. The van der Waals surface area contributed by atoms with Crippen LogP contribution in [0.4, 0.5) is 23.7 Å². The Kier molecular flexibility index (Phi) is 6.17. The van der Waals surface area contributed by atoms with Gasteiger partial charge in [0, 0.05) is 6.07 Å². The van der Waals surface area contributed by atoms with E-state index in [1.165, 1.54) is 44.6 Å². The minimum atomic E-state index is -4.99. The molecule has 0 aliphatic heterocycles. The summed E-state index contributed by atoms with van der Waals surface area (Å²) in [5.74, 6) is 0.743. The summed E-state index contributed by atoms with van der Waals surface area (Å²) in [6.45, 7) is -1.06. The number of methoxy groups -OCH3 is 2. The molecule has 0 aromatic heterocycles. The van der Waals surface area contributed by atoms with Gasteiger partial charge in [0.1, 0.15) is 11.5 Å². The molecule has 146 valence electrons. The largest absolute Gasteiger partial charge is 0.497 e. The van der Waals surface area contributed by atoms with Crippen LogP contribution < -0.4 is 20.1 Å². The van der Waals surface area contributed by atoms with Crippen molar-refractivity contribution in [3.8, 4) is 11.5 Å². The lowest BCUT2D eigenvalue weighted by Crippen LogP contribution is -2.51. The Hall–Kier alpha value is -2.94. The first-order chi connectivity index (χ1) is 12.7. The standard InChI is InChI=1S/C18H19F3N2O4/c1-26-13-8-9-14(15(10-13)27-2)23-16(24)22-11-17(25,18(19,20)21)12-6-4-3-5-7-12/h3-10,25H,11H2,1-2H3,(H2,22,23,24). The highest BCUT2D eigenvalue weighted by Gasteiger charge is 2.55. The smallest absolute Gasteiger partial charge is 0.423 e. The van der Waals surface area contributed by atoms with E-state index in [2.05, 4.69) is 5.32 Å². The van der Waals surface area contributed by atoms with Crippen molar-refractivity contribution in [3.63, 3.8) is 0 Å². The van der Waals surface area contributed by atoms with Crippen LogP contribution in [-0.4, -0.2) is 38.1 Å². The fourth-order valence-electron chi connectivity index (χ4n) is 2.36. The van der Waals surface area contributed by atoms with Crippen LogP contribution in [0, 0.1) is 0 Å². The molecule has 3 N–H and O–H groups in total. The van der Waals surface area contributed by atoms with Crippen molar-refractivity contribution >= 4 is 11.7 Å². The molecule has 0 aliphatic carbocycles. The van der Waals surface area contributed by atoms with Crippen LogP contribution in [-0.2, 0) is 5.60 Å². The molecule has 0 bridgehead atoms. The maximum atomic E-state index is 13.4. The van der Waals surface area contributed by atoms with E-state index in [9.17, 15) is 23.1 Å². The highest BCUT2D eigenvalue weighted by molar-refractivity contribution is 5.91. The molecule has 2 aromatic carbocycles. The zero-order valence-corrected chi connectivity index (χ0v) is 14.6. The number of nitrogens with one attached hydrogen (secondary N) is 2. The molecule has 2 amide bonds. The van der Waals surface area contributed by atoms with Gasteiger partial charge in [-0.25, -0.2) is 4.79 Å². The van der Waals surface area contributed by atoms with E-state index in [-0.39, 0.29) is 17.0 Å². The first-order valence-corrected chi connectivity index (χ1v) is 7.83. The Balaban J connectivity index is 2.13. The van der Waals surface area contributed by atoms with Gasteiger partial charge in [-0.1, -0.05) is 30.3 Å². The molecule has 6 nitrogen and oxygen atoms in total. The Morgan fingerprint density at radius 3 is 2.30 bits per heavy atom. The number of urea groups is 1. The predicted molar refractivity (Wildman–Crippen MR) is 93.0 cm³/mol. The Morgan fingerprint density at radius 2 is 1.74 bits per heavy atom. The molecular formula is C18H19F3N2O4. The average Bonchev–Trinajstić information content (AvgIpc) is 2.66. The zero-order chi connectivity index (χ0) is 20.1. The van der Waals surface area contributed by atoms with E-state index in [1.807, 2.05) is 5.32 Å². The second-order valence-corrected chi connectivity index (χ2v) is 5.60. The Morgan fingerprint density at radius 1 is 1.07 bits per heavy atom. The normalized spacial score (nSPS) is 13.4. The van der Waals surface area contributed by atoms with Crippen molar-refractivity contribution in [2.75, 3.05) is 26.1 Å². The monoisotopic (exact) mass is 384 g/mol. The lowest BCUT2D eigenvalue weighted by Gasteiger charge is -2.31. The van der Waals surface area contributed by atoms with Crippen LogP contribution >= 0.6 is 0 Å². The number of anilines is 1. The van der Waals surface area contributed by atoms with Gasteiger partial charge in [0.25, 0.3) is 0 Å². The first-order valence-electron chi connectivity index (χ1n) is 7.83. The summed E-state index contributed by atoms with van der Waals surface area (Å²) >= 11 is 0. The van der Waals surface area contributed by atoms with E-state index in [0.29, 0.717) is 5.75 Å². The summed E-state index contributed by atoms with van der Waals surface area (Å²) in [5, 5.41) is 14.6. The number of hydrogen-bond acceptors (Lipinski definition) is 4. The molecule has 27 heavy (non-hydrogen) atoms. The van der Waals surface area contributed by atoms with Gasteiger partial charge < -0.3 is 25.2 Å². The molecule has 0 spiro atoms. The lowest BCUT2D eigenvalue weighted by molar-refractivity contribution is -0.263. The van der Waals surface area contributed by atoms with Crippen molar-refractivity contribution in [2.45, 2.75) is 11.8 Å². The van der Waals surface area contributed by atoms with E-state index in [1.54, 1.807) is 6.07 Å². The number of carbonyl (C=O) groups excluding carboxylic acids is 1. The van der Waals surface area contributed by atoms with Crippen molar-refractivity contribution in [1.82, 2.24) is 5.32 Å². The van der Waals surface area contributed by atoms with Crippen LogP contribution in [0.15, 0.2) is 48.5 Å². The molecule has 1 unspecified atom stereocenters. The summed E-state index contributed by atoms with van der Waals surface area (Å²) in [6.07, 6.45) is -4.99. The van der Waals surface area contributed by atoms with Crippen molar-refractivity contribution in [3.05, 3.63) is 54.1 Å². The quantitative estimate of drug-likeness (QED) is 0.714. The van der Waals surface area contributed by atoms with E-state index < -0.39 is 24.4 Å². The maximum absolute atomic E-state index is 13.4. The summed E-state index contributed by atoms with van der Waals surface area (Å²) in [5.41, 5.74) is -3.37. The van der Waals surface area contributed by atoms with E-state index in [0.717, 1.165) is 12.1 Å². The molecule has 0 saturated carbocycles. The van der Waals surface area contributed by atoms with Crippen LogP contribution in [0.2, 0.25) is 0 Å². The lowest BCUT2D eigenvalue weighted by atomic mass is 9.93. The van der Waals surface area contributed by atoms with E-state index >= 15 is 0 Å². The van der Waals surface area contributed by atoms with Gasteiger partial charge >= 0.3 is 12.2 Å². The van der Waals surface area contributed by atoms with Gasteiger partial charge in [-0.05, 0) is 17.7 Å². The van der Waals surface area contributed by atoms with Gasteiger partial charge in [0.2, 0.25) is 5.60 Å². The van der Waals surface area contributed by atoms with Crippen molar-refractivity contribution in [1.29, 1.82) is 0 Å². The predicted octanol–water partition coefficient (Wildman–Crippen LogP) is 3.28. The number of carbonyl (C=O) groups is 1. The summed E-state index contributed by atoms with van der Waals surface area (Å²) < 4.78 is 50.4. The molecule has 2 rings (SSSR count). The summed E-state index contributed by atoms with van der Waals surface area (Å²) in [4.78, 5) is 12.1. The summed E-state index contributed by atoms with van der Waals surface area (Å²) in [7, 11) is 2.83. The molecule has 0 heterocycles. The molecule has 1 atom stereocenters. The van der Waals surface area contributed by atoms with Crippen LogP contribution in [0.25, 0.3) is 0 Å². The van der Waals surface area contributed by atoms with Crippen LogP contribution in [0.1, 0.15) is 5.56 Å². The number of alkyl halides is 3. The maximum Gasteiger partial charge on any atom is 0.423 e. The topological polar surface area (TPSA) is 79.8 Å². The third-order valence-corrected chi connectivity index (χ3v) is 3.88. The fourth-order valence-corrected chi connectivity index (χ4v) is 2.36. The molecule has 0 aliphatic rings. The van der Waals surface area contributed by atoms with Gasteiger partial charge in [-0.2, -0.15) is 13.2 Å². The van der Waals surface area contributed by atoms with Gasteiger partial charge in [-0.3, -0.25) is 0 Å². The number of benzene rings is 2. The molecular weight excluding hydrogens is 365 g/mol. The van der Waals surface area contributed by atoms with Gasteiger partial charge in [0.05, 0.1) is 26.5 Å². The highest BCUT2D eigenvalue weighted by atomic mass is 19.4. The molecule has 0 fully saturated rings. The summed E-state index contributed by atoms with van der Waals surface area (Å²) in [6, 6.07) is 10.1. The average molecular weight is 384 g/mol. The Bertz CT molecular complexity index is 784. The van der Waals surface area contributed by atoms with Crippen molar-refractivity contribution in [2.24, 2.45) is 0 Å². The van der Waals surface area contributed by atoms with Crippen LogP contribution in [0.5, 0.6) is 11.5 Å². The third kappa shape index (κ3) is 4.62. The fraction of sp³-hybridized carbons (Fsp3) is 0.278. The second-order valence-electron chi connectivity index (χ2n) is 5.60. The second kappa shape index (κ2) is 8.17. The number of amides is 2. The number of ether oxygens (including phenoxy) is 2. The number of aliphatic hydroxyl groups is 1. The Labute approximate surface area is 153 Å². The van der Waals surface area contributed by atoms with Gasteiger partial charge in [-0.15, -0.1) is 0 Å². The molecule has 0 saturated heterocycles. The van der Waals surface area contributed by atoms with E-state index in [4.69, 9.17) is 9.47 Å². The molecule has 9 heteroatoms. The van der Waals surface area contributed by atoms with Gasteiger partial charge in [0.15, 0.2) is 0 Å². The first kappa shape index (κ1) is 20.4. The SMILES string of the molecule is COc1ccc(NC(=O)NCC(O)(c2ccccc2)C(F)(F)F)c(OC)c1. The highest BCUT2D eigenvalue weighted by Crippen LogP contribution is 2.38. The van der Waals surface area contributed by atoms with Crippen molar-refractivity contribution < 1.29 is 32.5 Å². The zero-order valence-electron chi connectivity index (χ0n) is 14.6. The number of hydrogen-bond donors (Lipinski definition) is 3. The van der Waals surface area contributed by atoms with Crippen LogP contribution in [0.3, 0.4) is 0 Å². The minimum absolute atomic E-state index is 0.228.